The van der Waals surface area contributed by atoms with Gasteiger partial charge in [-0.1, -0.05) is 29.0 Å². The monoisotopic (exact) mass is 375 g/mol. The number of fused-ring (bicyclic) bond motifs is 1. The lowest BCUT2D eigenvalue weighted by atomic mass is 10.0. The molecule has 2 N–H and O–H groups in total. The third kappa shape index (κ3) is 3.46. The van der Waals surface area contributed by atoms with Crippen molar-refractivity contribution in [1.82, 2.24) is 19.8 Å². The maximum absolute atomic E-state index is 13.9. The van der Waals surface area contributed by atoms with Crippen LogP contribution in [0.5, 0.6) is 0 Å². The number of nitrogen functional groups attached to an aromatic ring is 1. The largest absolute Gasteiger partial charge is 0.380 e. The van der Waals surface area contributed by atoms with Crippen LogP contribution in [0, 0.1) is 12.7 Å². The lowest BCUT2D eigenvalue weighted by Gasteiger charge is -2.06. The van der Waals surface area contributed by atoms with Crippen LogP contribution in [-0.2, 0) is 17.6 Å². The summed E-state index contributed by atoms with van der Waals surface area (Å²) < 4.78 is 15.5. The maximum atomic E-state index is 13.9. The van der Waals surface area contributed by atoms with Gasteiger partial charge in [0.1, 0.15) is 17.1 Å². The van der Waals surface area contributed by atoms with Crippen molar-refractivity contribution < 1.29 is 9.18 Å². The molecule has 140 valence electrons. The van der Waals surface area contributed by atoms with E-state index >= 15 is 0 Å². The number of hydrogen-bond donors (Lipinski definition) is 1. The molecule has 6 nitrogen and oxygen atoms in total. The molecule has 0 bridgehead atoms. The summed E-state index contributed by atoms with van der Waals surface area (Å²) in [5.74, 6) is -0.0882. The first-order valence-electron chi connectivity index (χ1n) is 8.83. The number of rotatable bonds is 5. The van der Waals surface area contributed by atoms with Gasteiger partial charge >= 0.3 is 0 Å². The number of anilines is 1. The zero-order valence-electron chi connectivity index (χ0n) is 15.3. The van der Waals surface area contributed by atoms with Gasteiger partial charge in [0.2, 0.25) is 0 Å². The summed E-state index contributed by atoms with van der Waals surface area (Å²) in [5, 5.41) is 7.83. The van der Waals surface area contributed by atoms with Crippen molar-refractivity contribution >= 4 is 17.1 Å². The van der Waals surface area contributed by atoms with Crippen molar-refractivity contribution in [1.29, 1.82) is 0 Å². The first-order chi connectivity index (χ1) is 13.5. The Labute approximate surface area is 160 Å². The molecular formula is C21H18FN5O. The molecule has 0 amide bonds. The Hall–Kier alpha value is -3.61. The van der Waals surface area contributed by atoms with Gasteiger partial charge in [-0.05, 0) is 42.3 Å². The molecule has 0 atom stereocenters. The molecule has 0 saturated heterocycles. The summed E-state index contributed by atoms with van der Waals surface area (Å²) in [6.07, 6.45) is 3.68. The molecule has 4 aromatic rings. The number of benzene rings is 1. The number of aromatic nitrogens is 4. The highest BCUT2D eigenvalue weighted by molar-refractivity contribution is 5.86. The van der Waals surface area contributed by atoms with Crippen molar-refractivity contribution in [2.75, 3.05) is 5.73 Å². The Bertz CT molecular complexity index is 1170. The lowest BCUT2D eigenvalue weighted by molar-refractivity contribution is -0.117. The molecule has 7 heteroatoms. The number of nitrogens with zero attached hydrogens (tertiary/aromatic N) is 4. The van der Waals surface area contributed by atoms with Gasteiger partial charge in [-0.15, -0.1) is 5.10 Å². The Kier molecular flexibility index (Phi) is 4.57. The molecule has 28 heavy (non-hydrogen) atoms. The van der Waals surface area contributed by atoms with Crippen LogP contribution >= 0.6 is 0 Å². The van der Waals surface area contributed by atoms with Crippen LogP contribution < -0.4 is 5.73 Å². The average molecular weight is 375 g/mol. The van der Waals surface area contributed by atoms with E-state index in [2.05, 4.69) is 15.3 Å². The van der Waals surface area contributed by atoms with E-state index in [9.17, 15) is 9.18 Å². The van der Waals surface area contributed by atoms with Gasteiger partial charge in [0.15, 0.2) is 5.82 Å². The van der Waals surface area contributed by atoms with Gasteiger partial charge in [-0.2, -0.15) is 0 Å². The molecule has 0 aliphatic heterocycles. The number of Topliss-reactive ketones (excluding diaryl/α,β-unsaturated/α-hetero) is 1. The number of hydrogen-bond acceptors (Lipinski definition) is 5. The molecule has 0 aliphatic carbocycles. The minimum atomic E-state index is -0.354. The highest BCUT2D eigenvalue weighted by atomic mass is 19.1. The second-order valence-electron chi connectivity index (χ2n) is 6.73. The third-order valence-electron chi connectivity index (χ3n) is 4.56. The van der Waals surface area contributed by atoms with E-state index in [1.807, 2.05) is 31.2 Å². The Balaban J connectivity index is 1.52. The van der Waals surface area contributed by atoms with Crippen molar-refractivity contribution in [2.24, 2.45) is 0 Å². The molecule has 0 unspecified atom stereocenters. The van der Waals surface area contributed by atoms with Crippen molar-refractivity contribution in [2.45, 2.75) is 19.8 Å². The van der Waals surface area contributed by atoms with E-state index in [0.29, 0.717) is 22.6 Å². The summed E-state index contributed by atoms with van der Waals surface area (Å²) >= 11 is 0. The fourth-order valence-electron chi connectivity index (χ4n) is 3.21. The van der Waals surface area contributed by atoms with Crippen LogP contribution in [-0.4, -0.2) is 25.6 Å². The second kappa shape index (κ2) is 7.19. The molecule has 0 aliphatic rings. The van der Waals surface area contributed by atoms with Crippen molar-refractivity contribution in [3.63, 3.8) is 0 Å². The first-order valence-corrected chi connectivity index (χ1v) is 8.83. The van der Waals surface area contributed by atoms with Gasteiger partial charge in [0.25, 0.3) is 0 Å². The second-order valence-corrected chi connectivity index (χ2v) is 6.73. The van der Waals surface area contributed by atoms with E-state index in [1.54, 1.807) is 29.0 Å². The van der Waals surface area contributed by atoms with Gasteiger partial charge in [-0.3, -0.25) is 9.78 Å². The Morgan fingerprint density at radius 2 is 2.04 bits per heavy atom. The predicted octanol–water partition coefficient (Wildman–Crippen LogP) is 3.18. The number of pyridine rings is 2. The van der Waals surface area contributed by atoms with Crippen LogP contribution in [0.2, 0.25) is 0 Å². The van der Waals surface area contributed by atoms with E-state index in [-0.39, 0.29) is 24.4 Å². The van der Waals surface area contributed by atoms with Crippen LogP contribution in [0.15, 0.2) is 54.9 Å². The molecule has 0 saturated carbocycles. The molecule has 4 rings (SSSR count). The zero-order valence-corrected chi connectivity index (χ0v) is 15.3. The summed E-state index contributed by atoms with van der Waals surface area (Å²) in [6.45, 7) is 1.87. The number of ketones is 1. The van der Waals surface area contributed by atoms with E-state index < -0.39 is 0 Å². The Morgan fingerprint density at radius 1 is 1.18 bits per heavy atom. The van der Waals surface area contributed by atoms with Crippen LogP contribution in [0.3, 0.4) is 0 Å². The Morgan fingerprint density at radius 3 is 2.82 bits per heavy atom. The normalized spacial score (nSPS) is 11.1. The molecule has 0 radical (unpaired) electrons. The minimum absolute atomic E-state index is 0.0621. The smallest absolute Gasteiger partial charge is 0.174 e. The first kappa shape index (κ1) is 17.8. The summed E-state index contributed by atoms with van der Waals surface area (Å²) in [6, 6.07) is 12.2. The van der Waals surface area contributed by atoms with E-state index in [0.717, 1.165) is 16.7 Å². The molecule has 3 aromatic heterocycles. The quantitative estimate of drug-likeness (QED) is 0.579. The number of carbonyl (C=O) groups excluding carboxylic acids is 1. The predicted molar refractivity (Wildman–Crippen MR) is 104 cm³/mol. The standard InChI is InChI=1S/C21H18FN5O/c1-13-4-6-18(22)15(9-13)11-16(28)10-14-5-7-19(24-12-14)17-3-2-8-27-20(17)21(23)25-26-27/h2-9,12H,10-11,23H2,1H3. The number of carbonyl (C=O) groups is 1. The van der Waals surface area contributed by atoms with Crippen LogP contribution in [0.4, 0.5) is 10.2 Å². The summed E-state index contributed by atoms with van der Waals surface area (Å²) in [7, 11) is 0. The molecule has 1 aromatic carbocycles. The number of nitrogens with two attached hydrogens (primary N) is 1. The molecule has 0 fully saturated rings. The number of halogens is 1. The van der Waals surface area contributed by atoms with Crippen LogP contribution in [0.1, 0.15) is 16.7 Å². The summed E-state index contributed by atoms with van der Waals surface area (Å²) in [5.41, 5.74) is 10.2. The maximum Gasteiger partial charge on any atom is 0.174 e. The van der Waals surface area contributed by atoms with Crippen LogP contribution in [0.25, 0.3) is 16.8 Å². The molecule has 0 spiro atoms. The van der Waals surface area contributed by atoms with Gasteiger partial charge in [-0.25, -0.2) is 8.91 Å². The molecular weight excluding hydrogens is 357 g/mol. The van der Waals surface area contributed by atoms with E-state index in [1.165, 1.54) is 6.07 Å². The van der Waals surface area contributed by atoms with Gasteiger partial charge < -0.3 is 5.73 Å². The SMILES string of the molecule is Cc1ccc(F)c(CC(=O)Cc2ccc(-c3cccn4nnc(N)c34)nc2)c1. The molecule has 3 heterocycles. The van der Waals surface area contributed by atoms with Crippen molar-refractivity contribution in [3.05, 3.63) is 77.4 Å². The minimum Gasteiger partial charge on any atom is -0.380 e. The topological polar surface area (TPSA) is 86.2 Å². The third-order valence-corrected chi connectivity index (χ3v) is 4.56. The lowest BCUT2D eigenvalue weighted by Crippen LogP contribution is -2.08. The van der Waals surface area contributed by atoms with E-state index in [4.69, 9.17) is 5.73 Å². The van der Waals surface area contributed by atoms with Crippen molar-refractivity contribution in [3.8, 4) is 11.3 Å². The van der Waals surface area contributed by atoms with Gasteiger partial charge in [0.05, 0.1) is 5.69 Å². The van der Waals surface area contributed by atoms with Gasteiger partial charge in [0, 0.05) is 30.8 Å². The highest BCUT2D eigenvalue weighted by Gasteiger charge is 2.13. The summed E-state index contributed by atoms with van der Waals surface area (Å²) in [4.78, 5) is 16.8. The average Bonchev–Trinajstić information content (AvgIpc) is 3.07. The highest BCUT2D eigenvalue weighted by Crippen LogP contribution is 2.25. The zero-order chi connectivity index (χ0) is 19.7. The fraction of sp³-hybridized carbons (Fsp3) is 0.143. The fourth-order valence-corrected chi connectivity index (χ4v) is 3.21. The number of aryl methyl sites for hydroxylation is 1.